The smallest absolute Gasteiger partial charge is 0.311 e. The summed E-state index contributed by atoms with van der Waals surface area (Å²) in [5.41, 5.74) is 2.50. The quantitative estimate of drug-likeness (QED) is 0.170. The van der Waals surface area contributed by atoms with E-state index < -0.39 is 39.4 Å². The zero-order valence-corrected chi connectivity index (χ0v) is 27.4. The van der Waals surface area contributed by atoms with E-state index in [0.29, 0.717) is 24.9 Å². The van der Waals surface area contributed by atoms with Gasteiger partial charge >= 0.3 is 5.97 Å². The third kappa shape index (κ3) is 5.58. The lowest BCUT2D eigenvalue weighted by Gasteiger charge is -2.39. The predicted molar refractivity (Wildman–Crippen MR) is 180 cm³/mol. The standard InChI is InChI=1S/C36H45N3O5S/c1-6-10-23-44-34(43)30-29-32(41)39(28(24-40)25-14-12-11-13-15-25)31(36(29)21-20-35(30,5)45-36)33(42)38(22-7-2)27-18-16-26(17-19-27)37(8-3)9-4/h6-7,11-19,28-31,40H,1-2,8-10,20-24H2,3-5H3/t28-,29+,30-,31?,35+,36?/m1/s1. The van der Waals surface area contributed by atoms with Crippen LogP contribution in [-0.4, -0.2) is 76.2 Å². The van der Waals surface area contributed by atoms with Gasteiger partial charge < -0.3 is 24.5 Å². The predicted octanol–water partition coefficient (Wildman–Crippen LogP) is 5.39. The van der Waals surface area contributed by atoms with E-state index in [9.17, 15) is 14.7 Å². The van der Waals surface area contributed by atoms with Gasteiger partial charge in [0.1, 0.15) is 6.04 Å². The number of rotatable bonds is 14. The lowest BCUT2D eigenvalue weighted by molar-refractivity contribution is -0.156. The Balaban J connectivity index is 1.61. The van der Waals surface area contributed by atoms with E-state index in [-0.39, 0.29) is 31.6 Å². The first kappa shape index (κ1) is 32.8. The van der Waals surface area contributed by atoms with Gasteiger partial charge in [-0.1, -0.05) is 42.5 Å². The number of amides is 2. The fourth-order valence-electron chi connectivity index (χ4n) is 7.73. The van der Waals surface area contributed by atoms with Crippen molar-refractivity contribution in [3.05, 3.63) is 85.5 Å². The van der Waals surface area contributed by atoms with Gasteiger partial charge in [0.15, 0.2) is 0 Å². The van der Waals surface area contributed by atoms with E-state index >= 15 is 4.79 Å². The van der Waals surface area contributed by atoms with Crippen LogP contribution in [0, 0.1) is 11.8 Å². The number of thioether (sulfide) groups is 1. The van der Waals surface area contributed by atoms with Gasteiger partial charge in [0, 0.05) is 35.8 Å². The van der Waals surface area contributed by atoms with Crippen LogP contribution in [-0.2, 0) is 19.1 Å². The molecule has 3 saturated heterocycles. The molecule has 3 aliphatic rings. The highest BCUT2D eigenvalue weighted by molar-refractivity contribution is 8.02. The maximum atomic E-state index is 15.0. The molecule has 240 valence electrons. The van der Waals surface area contributed by atoms with Crippen molar-refractivity contribution in [1.29, 1.82) is 0 Å². The lowest BCUT2D eigenvalue weighted by atomic mass is 9.66. The molecule has 9 heteroatoms. The summed E-state index contributed by atoms with van der Waals surface area (Å²) in [6.45, 7) is 15.7. The second-order valence-corrected chi connectivity index (χ2v) is 14.2. The van der Waals surface area contributed by atoms with Crippen LogP contribution in [0.2, 0.25) is 0 Å². The normalized spacial score (nSPS) is 27.2. The van der Waals surface area contributed by atoms with E-state index in [1.807, 2.05) is 61.5 Å². The van der Waals surface area contributed by atoms with Crippen molar-refractivity contribution in [2.75, 3.05) is 42.6 Å². The van der Waals surface area contributed by atoms with Crippen molar-refractivity contribution >= 4 is 40.9 Å². The molecule has 1 N–H and O–H groups in total. The Morgan fingerprint density at radius 3 is 2.33 bits per heavy atom. The number of likely N-dealkylation sites (tertiary alicyclic amines) is 1. The van der Waals surface area contributed by atoms with Gasteiger partial charge in [-0.05, 0) is 69.9 Å². The maximum Gasteiger partial charge on any atom is 0.311 e. The summed E-state index contributed by atoms with van der Waals surface area (Å²) in [6.07, 6.45) is 5.17. The summed E-state index contributed by atoms with van der Waals surface area (Å²) in [7, 11) is 0. The summed E-state index contributed by atoms with van der Waals surface area (Å²) in [6, 6.07) is 15.5. The molecule has 0 radical (unpaired) electrons. The third-order valence-corrected chi connectivity index (χ3v) is 11.8. The van der Waals surface area contributed by atoms with Gasteiger partial charge in [0.2, 0.25) is 5.91 Å². The van der Waals surface area contributed by atoms with Crippen molar-refractivity contribution in [1.82, 2.24) is 4.90 Å². The van der Waals surface area contributed by atoms with Crippen molar-refractivity contribution in [2.24, 2.45) is 11.8 Å². The average molecular weight is 632 g/mol. The van der Waals surface area contributed by atoms with Crippen LogP contribution in [0.4, 0.5) is 11.4 Å². The van der Waals surface area contributed by atoms with Crippen molar-refractivity contribution in [3.63, 3.8) is 0 Å². The van der Waals surface area contributed by atoms with Gasteiger partial charge in [0.05, 0.1) is 35.8 Å². The number of nitrogens with zero attached hydrogens (tertiary/aromatic N) is 3. The second-order valence-electron chi connectivity index (χ2n) is 12.3. The summed E-state index contributed by atoms with van der Waals surface area (Å²) in [5.74, 6) is -2.39. The zero-order valence-electron chi connectivity index (χ0n) is 26.6. The minimum Gasteiger partial charge on any atom is -0.465 e. The maximum absolute atomic E-state index is 15.0. The molecule has 3 fully saturated rings. The Kier molecular flexibility index (Phi) is 9.80. The number of carbonyl (C=O) groups excluding carboxylic acids is 3. The highest BCUT2D eigenvalue weighted by atomic mass is 32.2. The highest BCUT2D eigenvalue weighted by Crippen LogP contribution is 2.72. The fraction of sp³-hybridized carbons (Fsp3) is 0.472. The van der Waals surface area contributed by atoms with Crippen LogP contribution < -0.4 is 9.80 Å². The van der Waals surface area contributed by atoms with Gasteiger partial charge in [-0.25, -0.2) is 0 Å². The summed E-state index contributed by atoms with van der Waals surface area (Å²) in [5, 5.41) is 10.8. The summed E-state index contributed by atoms with van der Waals surface area (Å²) >= 11 is 1.59. The SMILES string of the molecule is C=CCCOC(=O)[C@H]1[C@H]2C(=O)N([C@H](CO)c3ccccc3)C(C(=O)N(CC=C)c3ccc(N(CC)CC)cc3)C23CC[C@]1(C)S3. The van der Waals surface area contributed by atoms with E-state index in [2.05, 4.69) is 31.9 Å². The number of hydrogen-bond acceptors (Lipinski definition) is 7. The molecule has 6 atom stereocenters. The first-order valence-electron chi connectivity index (χ1n) is 15.9. The summed E-state index contributed by atoms with van der Waals surface area (Å²) in [4.78, 5) is 49.0. The van der Waals surface area contributed by atoms with E-state index in [4.69, 9.17) is 4.74 Å². The summed E-state index contributed by atoms with van der Waals surface area (Å²) < 4.78 is 4.29. The molecule has 2 aromatic carbocycles. The molecular formula is C36H45N3O5S. The van der Waals surface area contributed by atoms with Crippen LogP contribution in [0.5, 0.6) is 0 Å². The van der Waals surface area contributed by atoms with Crippen LogP contribution in [0.15, 0.2) is 79.9 Å². The molecule has 2 amide bonds. The van der Waals surface area contributed by atoms with Crippen LogP contribution in [0.25, 0.3) is 0 Å². The monoisotopic (exact) mass is 631 g/mol. The number of carbonyl (C=O) groups is 3. The van der Waals surface area contributed by atoms with Crippen molar-refractivity contribution in [3.8, 4) is 0 Å². The average Bonchev–Trinajstić information content (AvgIpc) is 3.62. The number of anilines is 2. The highest BCUT2D eigenvalue weighted by Gasteiger charge is 2.78. The Hall–Kier alpha value is -3.56. The molecule has 8 nitrogen and oxygen atoms in total. The molecule has 2 bridgehead atoms. The Morgan fingerprint density at radius 1 is 1.07 bits per heavy atom. The molecule has 3 aliphatic heterocycles. The minimum absolute atomic E-state index is 0.194. The van der Waals surface area contributed by atoms with Crippen molar-refractivity contribution < 1.29 is 24.2 Å². The van der Waals surface area contributed by atoms with Gasteiger partial charge in [-0.3, -0.25) is 14.4 Å². The Morgan fingerprint density at radius 2 is 1.73 bits per heavy atom. The van der Waals surface area contributed by atoms with Gasteiger partial charge in [-0.2, -0.15) is 0 Å². The molecule has 2 aromatic rings. The molecule has 1 spiro atoms. The first-order valence-corrected chi connectivity index (χ1v) is 16.8. The molecule has 2 unspecified atom stereocenters. The largest absolute Gasteiger partial charge is 0.465 e. The molecule has 0 aliphatic carbocycles. The zero-order chi connectivity index (χ0) is 32.4. The number of aliphatic hydroxyl groups is 1. The first-order chi connectivity index (χ1) is 21.7. The van der Waals surface area contributed by atoms with Crippen LogP contribution in [0.1, 0.15) is 51.6 Å². The lowest BCUT2D eigenvalue weighted by Crippen LogP contribution is -2.56. The molecule has 5 rings (SSSR count). The minimum atomic E-state index is -0.910. The van der Waals surface area contributed by atoms with E-state index in [1.54, 1.807) is 33.7 Å². The van der Waals surface area contributed by atoms with Gasteiger partial charge in [-0.15, -0.1) is 24.9 Å². The molecule has 3 heterocycles. The topological polar surface area (TPSA) is 90.4 Å². The fourth-order valence-corrected chi connectivity index (χ4v) is 10.1. The number of hydrogen-bond donors (Lipinski definition) is 1. The number of esters is 1. The number of fused-ring (bicyclic) bond motifs is 1. The molecule has 45 heavy (non-hydrogen) atoms. The Bertz CT molecular complexity index is 1410. The number of benzene rings is 2. The number of ether oxygens (including phenoxy) is 1. The second kappa shape index (κ2) is 13.4. The molecular weight excluding hydrogens is 586 g/mol. The number of aliphatic hydroxyl groups excluding tert-OH is 1. The van der Waals surface area contributed by atoms with Crippen LogP contribution in [0.3, 0.4) is 0 Å². The Labute approximate surface area is 271 Å². The van der Waals surface area contributed by atoms with Crippen LogP contribution >= 0.6 is 11.8 Å². The van der Waals surface area contributed by atoms with E-state index in [0.717, 1.165) is 24.3 Å². The molecule has 0 saturated carbocycles. The third-order valence-electron chi connectivity index (χ3n) is 9.83. The molecule has 0 aromatic heterocycles. The van der Waals surface area contributed by atoms with E-state index in [1.165, 1.54) is 0 Å². The van der Waals surface area contributed by atoms with Crippen molar-refractivity contribution in [2.45, 2.75) is 61.6 Å². The van der Waals surface area contributed by atoms with Gasteiger partial charge in [0.25, 0.3) is 5.91 Å².